The number of para-hydroxylation sites is 1. The van der Waals surface area contributed by atoms with Crippen LogP contribution < -0.4 is 5.32 Å². The molecule has 0 saturated heterocycles. The molecule has 0 atom stereocenters. The van der Waals surface area contributed by atoms with E-state index in [9.17, 15) is 0 Å². The van der Waals surface area contributed by atoms with Crippen molar-refractivity contribution >= 4 is 11.0 Å². The van der Waals surface area contributed by atoms with Gasteiger partial charge >= 0.3 is 0 Å². The van der Waals surface area contributed by atoms with Crippen molar-refractivity contribution < 1.29 is 4.42 Å². The molecule has 2 aromatic rings. The van der Waals surface area contributed by atoms with Gasteiger partial charge < -0.3 is 14.6 Å². The topological polar surface area (TPSA) is 31.6 Å². The molecule has 0 saturated carbocycles. The first-order valence-electron chi connectivity index (χ1n) is 7.59. The van der Waals surface area contributed by atoms with Crippen molar-refractivity contribution in [3.05, 3.63) is 35.6 Å². The molecule has 1 aromatic carbocycles. The standard InChI is InChI=1S/C17H27N3O/c1-18-12-15-14-8-5-6-9-16(14)21-17(15)13-20(4)11-7-10-19(2)3/h5-6,8-9,18H,7,10-13H2,1-4H3. The number of furan rings is 1. The van der Waals surface area contributed by atoms with E-state index in [1.165, 1.54) is 17.4 Å². The highest BCUT2D eigenvalue weighted by Crippen LogP contribution is 2.26. The summed E-state index contributed by atoms with van der Waals surface area (Å²) in [5.74, 6) is 1.08. The van der Waals surface area contributed by atoms with E-state index in [4.69, 9.17) is 4.42 Å². The Hall–Kier alpha value is -1.36. The van der Waals surface area contributed by atoms with E-state index < -0.39 is 0 Å². The Balaban J connectivity index is 2.08. The van der Waals surface area contributed by atoms with Crippen LogP contribution in [0.2, 0.25) is 0 Å². The highest BCUT2D eigenvalue weighted by atomic mass is 16.3. The summed E-state index contributed by atoms with van der Waals surface area (Å²) in [6.45, 7) is 3.90. The normalized spacial score (nSPS) is 11.9. The van der Waals surface area contributed by atoms with Crippen LogP contribution in [0.25, 0.3) is 11.0 Å². The summed E-state index contributed by atoms with van der Waals surface area (Å²) in [5, 5.41) is 4.47. The fourth-order valence-electron chi connectivity index (χ4n) is 2.63. The van der Waals surface area contributed by atoms with Gasteiger partial charge in [0.2, 0.25) is 0 Å². The van der Waals surface area contributed by atoms with Gasteiger partial charge in [-0.05, 0) is 53.8 Å². The van der Waals surface area contributed by atoms with Crippen LogP contribution in [-0.4, -0.2) is 51.1 Å². The third-order valence-corrected chi connectivity index (χ3v) is 3.69. The molecule has 0 aliphatic rings. The Morgan fingerprint density at radius 1 is 1.10 bits per heavy atom. The molecule has 0 aliphatic heterocycles. The minimum absolute atomic E-state index is 0.845. The lowest BCUT2D eigenvalue weighted by Crippen LogP contribution is -2.24. The zero-order valence-electron chi connectivity index (χ0n) is 13.6. The maximum Gasteiger partial charge on any atom is 0.134 e. The Labute approximate surface area is 127 Å². The fourth-order valence-corrected chi connectivity index (χ4v) is 2.63. The van der Waals surface area contributed by atoms with Gasteiger partial charge in [-0.2, -0.15) is 0 Å². The van der Waals surface area contributed by atoms with Gasteiger partial charge in [-0.1, -0.05) is 18.2 Å². The Bertz CT molecular complexity index is 562. The number of nitrogens with one attached hydrogen (secondary N) is 1. The average Bonchev–Trinajstić information content (AvgIpc) is 2.77. The molecule has 116 valence electrons. The van der Waals surface area contributed by atoms with E-state index in [-0.39, 0.29) is 0 Å². The van der Waals surface area contributed by atoms with E-state index in [1.807, 2.05) is 19.2 Å². The summed E-state index contributed by atoms with van der Waals surface area (Å²) in [7, 11) is 8.37. The number of nitrogens with zero attached hydrogens (tertiary/aromatic N) is 2. The van der Waals surface area contributed by atoms with Crippen molar-refractivity contribution in [2.24, 2.45) is 0 Å². The molecule has 0 radical (unpaired) electrons. The molecular weight excluding hydrogens is 262 g/mol. The Kier molecular flexibility index (Phi) is 5.79. The quantitative estimate of drug-likeness (QED) is 0.809. The van der Waals surface area contributed by atoms with Gasteiger partial charge in [-0.3, -0.25) is 4.90 Å². The van der Waals surface area contributed by atoms with E-state index >= 15 is 0 Å². The molecule has 0 spiro atoms. The molecule has 0 fully saturated rings. The molecule has 4 heteroatoms. The molecule has 0 bridgehead atoms. The summed E-state index contributed by atoms with van der Waals surface area (Å²) in [6, 6.07) is 8.28. The number of rotatable bonds is 8. The summed E-state index contributed by atoms with van der Waals surface area (Å²) < 4.78 is 6.06. The van der Waals surface area contributed by atoms with E-state index in [0.717, 1.165) is 37.5 Å². The molecule has 1 heterocycles. The molecule has 4 nitrogen and oxygen atoms in total. The second kappa shape index (κ2) is 7.59. The predicted molar refractivity (Wildman–Crippen MR) is 88.5 cm³/mol. The molecule has 2 rings (SSSR count). The monoisotopic (exact) mass is 289 g/mol. The first-order chi connectivity index (χ1) is 10.1. The Morgan fingerprint density at radius 3 is 2.57 bits per heavy atom. The van der Waals surface area contributed by atoms with Gasteiger partial charge in [0, 0.05) is 17.5 Å². The van der Waals surface area contributed by atoms with Crippen molar-refractivity contribution in [1.82, 2.24) is 15.1 Å². The lowest BCUT2D eigenvalue weighted by molar-refractivity contribution is 0.275. The van der Waals surface area contributed by atoms with Crippen molar-refractivity contribution in [2.75, 3.05) is 41.3 Å². The van der Waals surface area contributed by atoms with E-state index in [1.54, 1.807) is 0 Å². The zero-order chi connectivity index (χ0) is 15.2. The highest BCUT2D eigenvalue weighted by Gasteiger charge is 2.14. The van der Waals surface area contributed by atoms with Gasteiger partial charge in [0.1, 0.15) is 11.3 Å². The fraction of sp³-hybridized carbons (Fsp3) is 0.529. The van der Waals surface area contributed by atoms with Gasteiger partial charge in [-0.15, -0.1) is 0 Å². The number of hydrogen-bond acceptors (Lipinski definition) is 4. The van der Waals surface area contributed by atoms with Gasteiger partial charge in [-0.25, -0.2) is 0 Å². The SMILES string of the molecule is CNCc1c(CN(C)CCCN(C)C)oc2ccccc12. The molecule has 21 heavy (non-hydrogen) atoms. The lowest BCUT2D eigenvalue weighted by atomic mass is 10.1. The van der Waals surface area contributed by atoms with Crippen molar-refractivity contribution in [3.63, 3.8) is 0 Å². The van der Waals surface area contributed by atoms with Gasteiger partial charge in [0.05, 0.1) is 6.54 Å². The average molecular weight is 289 g/mol. The minimum atomic E-state index is 0.845. The largest absolute Gasteiger partial charge is 0.459 e. The number of hydrogen-bond donors (Lipinski definition) is 1. The first-order valence-corrected chi connectivity index (χ1v) is 7.59. The Morgan fingerprint density at radius 2 is 1.86 bits per heavy atom. The third-order valence-electron chi connectivity index (χ3n) is 3.69. The molecule has 0 aliphatic carbocycles. The van der Waals surface area contributed by atoms with Crippen molar-refractivity contribution in [2.45, 2.75) is 19.5 Å². The van der Waals surface area contributed by atoms with E-state index in [2.05, 4.69) is 48.4 Å². The van der Waals surface area contributed by atoms with Crippen LogP contribution in [-0.2, 0) is 13.1 Å². The first kappa shape index (κ1) is 16.0. The predicted octanol–water partition coefficient (Wildman–Crippen LogP) is 2.54. The van der Waals surface area contributed by atoms with Crippen LogP contribution in [0, 0.1) is 0 Å². The van der Waals surface area contributed by atoms with Gasteiger partial charge in [0.25, 0.3) is 0 Å². The van der Waals surface area contributed by atoms with Crippen LogP contribution >= 0.6 is 0 Å². The smallest absolute Gasteiger partial charge is 0.134 e. The number of benzene rings is 1. The zero-order valence-corrected chi connectivity index (χ0v) is 13.6. The van der Waals surface area contributed by atoms with Crippen LogP contribution in [0.3, 0.4) is 0 Å². The van der Waals surface area contributed by atoms with Crippen LogP contribution in [0.5, 0.6) is 0 Å². The maximum atomic E-state index is 6.06. The van der Waals surface area contributed by atoms with Crippen LogP contribution in [0.1, 0.15) is 17.7 Å². The molecule has 0 amide bonds. The van der Waals surface area contributed by atoms with E-state index in [0.29, 0.717) is 0 Å². The summed E-state index contributed by atoms with van der Waals surface area (Å²) in [4.78, 5) is 4.56. The second-order valence-electron chi connectivity index (χ2n) is 5.92. The molecule has 1 N–H and O–H groups in total. The van der Waals surface area contributed by atoms with Gasteiger partial charge in [0.15, 0.2) is 0 Å². The summed E-state index contributed by atoms with van der Waals surface area (Å²) in [6.07, 6.45) is 1.17. The molecule has 1 aromatic heterocycles. The number of fused-ring (bicyclic) bond motifs is 1. The second-order valence-corrected chi connectivity index (χ2v) is 5.92. The van der Waals surface area contributed by atoms with Crippen LogP contribution in [0.15, 0.2) is 28.7 Å². The summed E-state index contributed by atoms with van der Waals surface area (Å²) >= 11 is 0. The highest BCUT2D eigenvalue weighted by molar-refractivity contribution is 5.82. The molecule has 0 unspecified atom stereocenters. The third kappa shape index (κ3) is 4.30. The minimum Gasteiger partial charge on any atom is -0.459 e. The molecular formula is C17H27N3O. The van der Waals surface area contributed by atoms with Crippen molar-refractivity contribution in [3.8, 4) is 0 Å². The van der Waals surface area contributed by atoms with Crippen molar-refractivity contribution in [1.29, 1.82) is 0 Å². The van der Waals surface area contributed by atoms with Crippen LogP contribution in [0.4, 0.5) is 0 Å². The lowest BCUT2D eigenvalue weighted by Gasteiger charge is -2.17. The summed E-state index contributed by atoms with van der Waals surface area (Å²) in [5.41, 5.74) is 2.27. The maximum absolute atomic E-state index is 6.06.